The second kappa shape index (κ2) is 6.27. The van der Waals surface area contributed by atoms with Gasteiger partial charge in [0.25, 0.3) is 5.91 Å². The first-order valence-corrected chi connectivity index (χ1v) is 6.92. The first kappa shape index (κ1) is 14.7. The topological polar surface area (TPSA) is 81.9 Å². The van der Waals surface area contributed by atoms with Crippen LogP contribution in [-0.4, -0.2) is 32.8 Å². The minimum atomic E-state index is -0.288. The van der Waals surface area contributed by atoms with Crippen LogP contribution in [0.1, 0.15) is 10.4 Å². The molecule has 0 aliphatic rings. The summed E-state index contributed by atoms with van der Waals surface area (Å²) < 4.78 is 6.77. The number of methoxy groups -OCH3 is 1. The van der Waals surface area contributed by atoms with Gasteiger partial charge in [-0.2, -0.15) is 0 Å². The zero-order chi connectivity index (χ0) is 16.2. The Balaban J connectivity index is 1.84. The number of amides is 1. The van der Waals surface area contributed by atoms with Gasteiger partial charge in [-0.05, 0) is 23.8 Å². The van der Waals surface area contributed by atoms with E-state index in [-0.39, 0.29) is 5.91 Å². The Hall–Kier alpha value is -3.22. The van der Waals surface area contributed by atoms with Gasteiger partial charge in [0, 0.05) is 25.0 Å². The summed E-state index contributed by atoms with van der Waals surface area (Å²) in [4.78, 5) is 16.4. The van der Waals surface area contributed by atoms with E-state index < -0.39 is 0 Å². The number of carbonyl (C=O) groups excluding carboxylic acids is 1. The summed E-state index contributed by atoms with van der Waals surface area (Å²) in [5, 5.41) is 10.2. The lowest BCUT2D eigenvalue weighted by atomic mass is 10.1. The molecule has 2 heterocycles. The zero-order valence-electron chi connectivity index (χ0n) is 12.7. The monoisotopic (exact) mass is 309 g/mol. The Morgan fingerprint density at radius 1 is 1.17 bits per heavy atom. The van der Waals surface area contributed by atoms with Crippen molar-refractivity contribution >= 4 is 11.9 Å². The second-order valence-corrected chi connectivity index (χ2v) is 4.91. The zero-order valence-corrected chi connectivity index (χ0v) is 12.7. The molecule has 0 spiro atoms. The number of hydrogen-bond acceptors (Lipinski definition) is 5. The molecular weight excluding hydrogens is 294 g/mol. The van der Waals surface area contributed by atoms with Gasteiger partial charge in [-0.3, -0.25) is 15.1 Å². The lowest BCUT2D eigenvalue weighted by Crippen LogP contribution is -2.15. The van der Waals surface area contributed by atoms with E-state index in [1.54, 1.807) is 31.0 Å². The van der Waals surface area contributed by atoms with Crippen molar-refractivity contribution in [2.75, 3.05) is 12.4 Å². The molecule has 0 fully saturated rings. The van der Waals surface area contributed by atoms with Gasteiger partial charge in [-0.1, -0.05) is 12.1 Å². The van der Waals surface area contributed by atoms with Crippen LogP contribution in [0.4, 0.5) is 5.95 Å². The van der Waals surface area contributed by atoms with Crippen LogP contribution in [0.5, 0.6) is 5.75 Å². The van der Waals surface area contributed by atoms with Crippen LogP contribution < -0.4 is 10.1 Å². The number of rotatable bonds is 4. The summed E-state index contributed by atoms with van der Waals surface area (Å²) in [6.07, 6.45) is 4.74. The van der Waals surface area contributed by atoms with Gasteiger partial charge in [0.05, 0.1) is 12.7 Å². The molecule has 0 radical (unpaired) electrons. The highest BCUT2D eigenvalue weighted by atomic mass is 16.5. The third-order valence-electron chi connectivity index (χ3n) is 3.36. The highest BCUT2D eigenvalue weighted by molar-refractivity contribution is 6.03. The third kappa shape index (κ3) is 3.18. The summed E-state index contributed by atoms with van der Waals surface area (Å²) in [5.74, 6) is 0.867. The van der Waals surface area contributed by atoms with Crippen molar-refractivity contribution in [2.24, 2.45) is 7.05 Å². The fraction of sp³-hybridized carbons (Fsp3) is 0.125. The number of carbonyl (C=O) groups is 1. The molecule has 3 aromatic rings. The normalized spacial score (nSPS) is 10.3. The highest BCUT2D eigenvalue weighted by Crippen LogP contribution is 2.22. The van der Waals surface area contributed by atoms with Crippen LogP contribution in [-0.2, 0) is 7.05 Å². The maximum atomic E-state index is 12.3. The number of hydrogen-bond donors (Lipinski definition) is 1. The summed E-state index contributed by atoms with van der Waals surface area (Å²) in [5.41, 5.74) is 2.24. The van der Waals surface area contributed by atoms with Gasteiger partial charge >= 0.3 is 0 Å². The smallest absolute Gasteiger partial charge is 0.259 e. The molecule has 1 amide bonds. The van der Waals surface area contributed by atoms with Crippen LogP contribution in [0.25, 0.3) is 11.1 Å². The highest BCUT2D eigenvalue weighted by Gasteiger charge is 2.11. The van der Waals surface area contributed by atoms with Gasteiger partial charge in [-0.15, -0.1) is 10.2 Å². The Bertz CT molecular complexity index is 826. The molecule has 23 heavy (non-hydrogen) atoms. The summed E-state index contributed by atoms with van der Waals surface area (Å²) in [7, 11) is 3.37. The molecule has 0 saturated heterocycles. The third-order valence-corrected chi connectivity index (χ3v) is 3.36. The largest absolute Gasteiger partial charge is 0.497 e. The van der Waals surface area contributed by atoms with E-state index in [0.717, 1.165) is 16.9 Å². The number of nitrogens with one attached hydrogen (secondary N) is 1. The molecule has 116 valence electrons. The number of aromatic nitrogens is 4. The number of benzene rings is 1. The molecule has 0 aliphatic carbocycles. The first-order chi connectivity index (χ1) is 11.2. The van der Waals surface area contributed by atoms with Crippen molar-refractivity contribution in [1.82, 2.24) is 19.7 Å². The van der Waals surface area contributed by atoms with Gasteiger partial charge in [0.1, 0.15) is 12.1 Å². The van der Waals surface area contributed by atoms with Crippen molar-refractivity contribution in [3.63, 3.8) is 0 Å². The van der Waals surface area contributed by atoms with Crippen molar-refractivity contribution < 1.29 is 9.53 Å². The molecule has 0 saturated carbocycles. The van der Waals surface area contributed by atoms with E-state index in [2.05, 4.69) is 20.5 Å². The van der Waals surface area contributed by atoms with Crippen molar-refractivity contribution in [3.05, 3.63) is 54.6 Å². The lowest BCUT2D eigenvalue weighted by Gasteiger charge is -2.07. The van der Waals surface area contributed by atoms with Crippen LogP contribution in [0, 0.1) is 0 Å². The standard InChI is InChI=1S/C16H15N5O2/c1-21-10-18-20-16(21)19-15(22)13-7-12(8-17-9-13)11-3-5-14(23-2)6-4-11/h3-10H,1-2H3,(H,19,20,22). The number of anilines is 1. The molecular formula is C16H15N5O2. The van der Waals surface area contributed by atoms with Crippen molar-refractivity contribution in [3.8, 4) is 16.9 Å². The maximum absolute atomic E-state index is 12.3. The summed E-state index contributed by atoms with van der Waals surface area (Å²) in [6.45, 7) is 0. The predicted molar refractivity (Wildman–Crippen MR) is 85.2 cm³/mol. The Kier molecular flexibility index (Phi) is 4.01. The minimum Gasteiger partial charge on any atom is -0.497 e. The molecule has 7 heteroatoms. The molecule has 7 nitrogen and oxygen atoms in total. The maximum Gasteiger partial charge on any atom is 0.259 e. The Labute approximate surface area is 133 Å². The number of aryl methyl sites for hydroxylation is 1. The summed E-state index contributed by atoms with van der Waals surface area (Å²) in [6, 6.07) is 9.34. The van der Waals surface area contributed by atoms with E-state index in [1.165, 1.54) is 12.5 Å². The Morgan fingerprint density at radius 2 is 1.96 bits per heavy atom. The van der Waals surface area contributed by atoms with Crippen LogP contribution in [0.3, 0.4) is 0 Å². The summed E-state index contributed by atoms with van der Waals surface area (Å²) >= 11 is 0. The number of nitrogens with zero attached hydrogens (tertiary/aromatic N) is 4. The van der Waals surface area contributed by atoms with E-state index in [9.17, 15) is 4.79 Å². The molecule has 0 aliphatic heterocycles. The van der Waals surface area contributed by atoms with E-state index in [4.69, 9.17) is 4.74 Å². The van der Waals surface area contributed by atoms with Gasteiger partial charge < -0.3 is 9.30 Å². The van der Waals surface area contributed by atoms with Crippen LogP contribution >= 0.6 is 0 Å². The molecule has 0 unspecified atom stereocenters. The van der Waals surface area contributed by atoms with Crippen LogP contribution in [0.15, 0.2) is 49.1 Å². The first-order valence-electron chi connectivity index (χ1n) is 6.92. The van der Waals surface area contributed by atoms with Crippen molar-refractivity contribution in [2.45, 2.75) is 0 Å². The quantitative estimate of drug-likeness (QED) is 0.798. The van der Waals surface area contributed by atoms with Crippen LogP contribution in [0.2, 0.25) is 0 Å². The van der Waals surface area contributed by atoms with Crippen molar-refractivity contribution in [1.29, 1.82) is 0 Å². The van der Waals surface area contributed by atoms with E-state index >= 15 is 0 Å². The molecule has 1 aromatic carbocycles. The van der Waals surface area contributed by atoms with Gasteiger partial charge in [0.2, 0.25) is 5.95 Å². The SMILES string of the molecule is COc1ccc(-c2cncc(C(=O)Nc3nncn3C)c2)cc1. The van der Waals surface area contributed by atoms with E-state index in [0.29, 0.717) is 11.5 Å². The second-order valence-electron chi connectivity index (χ2n) is 4.91. The molecule has 2 aromatic heterocycles. The molecule has 1 N–H and O–H groups in total. The average Bonchev–Trinajstić information content (AvgIpc) is 3.00. The predicted octanol–water partition coefficient (Wildman–Crippen LogP) is 2.14. The van der Waals surface area contributed by atoms with Gasteiger partial charge in [-0.25, -0.2) is 0 Å². The minimum absolute atomic E-state index is 0.288. The Morgan fingerprint density at radius 3 is 2.61 bits per heavy atom. The molecule has 0 bridgehead atoms. The van der Waals surface area contributed by atoms with Gasteiger partial charge in [0.15, 0.2) is 0 Å². The van der Waals surface area contributed by atoms with E-state index in [1.807, 2.05) is 24.3 Å². The average molecular weight is 309 g/mol. The fourth-order valence-electron chi connectivity index (χ4n) is 2.08. The number of ether oxygens (including phenoxy) is 1. The fourth-order valence-corrected chi connectivity index (χ4v) is 2.08. The lowest BCUT2D eigenvalue weighted by molar-refractivity contribution is 0.102. The molecule has 3 rings (SSSR count). The molecule has 0 atom stereocenters. The number of pyridine rings is 1.